The first-order valence-corrected chi connectivity index (χ1v) is 7.59. The third-order valence-corrected chi connectivity index (χ3v) is 3.51. The summed E-state index contributed by atoms with van der Waals surface area (Å²) < 4.78 is 13.3. The summed E-state index contributed by atoms with van der Waals surface area (Å²) in [5, 5.41) is 0. The molecule has 0 amide bonds. The predicted molar refractivity (Wildman–Crippen MR) is 83.9 cm³/mol. The summed E-state index contributed by atoms with van der Waals surface area (Å²) in [6.07, 6.45) is 0.853. The molecule has 0 saturated carbocycles. The first-order chi connectivity index (χ1) is 9.24. The molecule has 0 heterocycles. The molecule has 2 aromatic carbocycles. The third kappa shape index (κ3) is 5.25. The van der Waals surface area contributed by atoms with E-state index in [1.807, 2.05) is 48.5 Å². The Morgan fingerprint density at radius 3 is 1.37 bits per heavy atom. The normalized spacial score (nSPS) is 10.2. The molecule has 2 nitrogen and oxygen atoms in total. The highest BCUT2D eigenvalue weighted by Crippen LogP contribution is 2.17. The molecular formula is C15H14Br2O2. The summed E-state index contributed by atoms with van der Waals surface area (Å²) in [6, 6.07) is 15.6. The van der Waals surface area contributed by atoms with Crippen LogP contribution in [0.4, 0.5) is 0 Å². The van der Waals surface area contributed by atoms with Gasteiger partial charge in [0.1, 0.15) is 11.5 Å². The Balaban J connectivity index is 1.64. The second-order valence-corrected chi connectivity index (χ2v) is 5.79. The zero-order chi connectivity index (χ0) is 13.5. The van der Waals surface area contributed by atoms with Gasteiger partial charge in [-0.1, -0.05) is 31.9 Å². The van der Waals surface area contributed by atoms with Crippen molar-refractivity contribution in [3.63, 3.8) is 0 Å². The monoisotopic (exact) mass is 384 g/mol. The molecule has 0 fully saturated rings. The van der Waals surface area contributed by atoms with Crippen molar-refractivity contribution in [2.75, 3.05) is 13.2 Å². The molecule has 0 saturated heterocycles. The number of halogens is 2. The molecule has 0 atom stereocenters. The molecule has 0 unspecified atom stereocenters. The summed E-state index contributed by atoms with van der Waals surface area (Å²) >= 11 is 6.78. The number of hydrogen-bond acceptors (Lipinski definition) is 2. The summed E-state index contributed by atoms with van der Waals surface area (Å²) in [5.74, 6) is 1.76. The fourth-order valence-corrected chi connectivity index (χ4v) is 2.03. The standard InChI is InChI=1S/C15H14Br2O2/c16-12-2-6-14(7-3-12)18-10-1-11-19-15-8-4-13(17)5-9-15/h2-9H,1,10-11H2. The highest BCUT2D eigenvalue weighted by molar-refractivity contribution is 9.10. The van der Waals surface area contributed by atoms with Crippen molar-refractivity contribution in [1.82, 2.24) is 0 Å². The Bertz CT molecular complexity index is 447. The van der Waals surface area contributed by atoms with Crippen LogP contribution in [0.25, 0.3) is 0 Å². The van der Waals surface area contributed by atoms with Crippen LogP contribution in [0.5, 0.6) is 11.5 Å². The van der Waals surface area contributed by atoms with Gasteiger partial charge in [0.05, 0.1) is 13.2 Å². The van der Waals surface area contributed by atoms with Crippen molar-refractivity contribution in [2.45, 2.75) is 6.42 Å². The van der Waals surface area contributed by atoms with Crippen LogP contribution in [-0.2, 0) is 0 Å². The lowest BCUT2D eigenvalue weighted by Gasteiger charge is -2.08. The Labute approximate surface area is 130 Å². The van der Waals surface area contributed by atoms with Crippen molar-refractivity contribution < 1.29 is 9.47 Å². The second-order valence-electron chi connectivity index (χ2n) is 3.96. The highest BCUT2D eigenvalue weighted by atomic mass is 79.9. The molecule has 0 aliphatic rings. The van der Waals surface area contributed by atoms with Crippen LogP contribution in [0, 0.1) is 0 Å². The zero-order valence-electron chi connectivity index (χ0n) is 10.3. The van der Waals surface area contributed by atoms with E-state index < -0.39 is 0 Å². The molecule has 0 spiro atoms. The second kappa shape index (κ2) is 7.56. The minimum absolute atomic E-state index is 0.651. The molecular weight excluding hydrogens is 372 g/mol. The van der Waals surface area contributed by atoms with Crippen molar-refractivity contribution >= 4 is 31.9 Å². The Morgan fingerprint density at radius 2 is 1.00 bits per heavy atom. The fourth-order valence-electron chi connectivity index (χ4n) is 1.50. The van der Waals surface area contributed by atoms with Gasteiger partial charge in [-0.05, 0) is 48.5 Å². The van der Waals surface area contributed by atoms with E-state index >= 15 is 0 Å². The van der Waals surface area contributed by atoms with Crippen molar-refractivity contribution in [3.05, 3.63) is 57.5 Å². The van der Waals surface area contributed by atoms with Gasteiger partial charge >= 0.3 is 0 Å². The van der Waals surface area contributed by atoms with Crippen LogP contribution in [0.15, 0.2) is 57.5 Å². The summed E-state index contributed by atoms with van der Waals surface area (Å²) in [5.41, 5.74) is 0. The van der Waals surface area contributed by atoms with Crippen molar-refractivity contribution in [2.24, 2.45) is 0 Å². The number of benzene rings is 2. The van der Waals surface area contributed by atoms with Gasteiger partial charge in [-0.2, -0.15) is 0 Å². The minimum Gasteiger partial charge on any atom is -0.493 e. The SMILES string of the molecule is Brc1ccc(OCCCOc2ccc(Br)cc2)cc1. The van der Waals surface area contributed by atoms with Crippen LogP contribution < -0.4 is 9.47 Å². The molecule has 0 aliphatic heterocycles. The van der Waals surface area contributed by atoms with Crippen LogP contribution in [0.3, 0.4) is 0 Å². The van der Waals surface area contributed by atoms with Crippen molar-refractivity contribution in [1.29, 1.82) is 0 Å². The average molecular weight is 386 g/mol. The van der Waals surface area contributed by atoms with Crippen LogP contribution in [0.2, 0.25) is 0 Å². The van der Waals surface area contributed by atoms with E-state index in [9.17, 15) is 0 Å². The van der Waals surface area contributed by atoms with E-state index in [2.05, 4.69) is 31.9 Å². The van der Waals surface area contributed by atoms with E-state index in [0.717, 1.165) is 26.9 Å². The van der Waals surface area contributed by atoms with Gasteiger partial charge in [0, 0.05) is 15.4 Å². The highest BCUT2D eigenvalue weighted by Gasteiger charge is 1.96. The molecule has 0 aromatic heterocycles. The van der Waals surface area contributed by atoms with E-state index in [1.165, 1.54) is 0 Å². The first-order valence-electron chi connectivity index (χ1n) is 6.01. The van der Waals surface area contributed by atoms with Crippen LogP contribution in [-0.4, -0.2) is 13.2 Å². The van der Waals surface area contributed by atoms with Crippen molar-refractivity contribution in [3.8, 4) is 11.5 Å². The zero-order valence-corrected chi connectivity index (χ0v) is 13.5. The maximum absolute atomic E-state index is 5.61. The lowest BCUT2D eigenvalue weighted by molar-refractivity contribution is 0.247. The number of rotatable bonds is 6. The quantitative estimate of drug-likeness (QED) is 0.647. The lowest BCUT2D eigenvalue weighted by Crippen LogP contribution is -2.04. The third-order valence-electron chi connectivity index (χ3n) is 2.45. The van der Waals surface area contributed by atoms with E-state index in [1.54, 1.807) is 0 Å². The predicted octanol–water partition coefficient (Wildman–Crippen LogP) is 5.06. The van der Waals surface area contributed by atoms with Gasteiger partial charge in [0.15, 0.2) is 0 Å². The van der Waals surface area contributed by atoms with E-state index in [0.29, 0.717) is 13.2 Å². The van der Waals surface area contributed by atoms with E-state index in [4.69, 9.17) is 9.47 Å². The topological polar surface area (TPSA) is 18.5 Å². The summed E-state index contributed by atoms with van der Waals surface area (Å²) in [4.78, 5) is 0. The molecule has 100 valence electrons. The largest absolute Gasteiger partial charge is 0.493 e. The smallest absolute Gasteiger partial charge is 0.119 e. The molecule has 0 bridgehead atoms. The molecule has 0 radical (unpaired) electrons. The van der Waals surface area contributed by atoms with E-state index in [-0.39, 0.29) is 0 Å². The average Bonchev–Trinajstić information content (AvgIpc) is 2.43. The number of ether oxygens (including phenoxy) is 2. The summed E-state index contributed by atoms with van der Waals surface area (Å²) in [6.45, 7) is 1.30. The molecule has 19 heavy (non-hydrogen) atoms. The van der Waals surface area contributed by atoms with Gasteiger partial charge < -0.3 is 9.47 Å². The van der Waals surface area contributed by atoms with Gasteiger partial charge in [0.25, 0.3) is 0 Å². The first kappa shape index (κ1) is 14.4. The van der Waals surface area contributed by atoms with Gasteiger partial charge in [-0.3, -0.25) is 0 Å². The molecule has 2 aromatic rings. The molecule has 4 heteroatoms. The summed E-state index contributed by atoms with van der Waals surface area (Å²) in [7, 11) is 0. The number of hydrogen-bond donors (Lipinski definition) is 0. The van der Waals surface area contributed by atoms with Gasteiger partial charge in [0.2, 0.25) is 0 Å². The molecule has 0 N–H and O–H groups in total. The lowest BCUT2D eigenvalue weighted by atomic mass is 10.3. The Hall–Kier alpha value is -1.00. The fraction of sp³-hybridized carbons (Fsp3) is 0.200. The maximum Gasteiger partial charge on any atom is 0.119 e. The van der Waals surface area contributed by atoms with Crippen LogP contribution >= 0.6 is 31.9 Å². The van der Waals surface area contributed by atoms with Gasteiger partial charge in [-0.15, -0.1) is 0 Å². The maximum atomic E-state index is 5.61. The molecule has 2 rings (SSSR count). The van der Waals surface area contributed by atoms with Crippen LogP contribution in [0.1, 0.15) is 6.42 Å². The molecule has 0 aliphatic carbocycles. The minimum atomic E-state index is 0.651. The Kier molecular flexibility index (Phi) is 5.73. The van der Waals surface area contributed by atoms with Gasteiger partial charge in [-0.25, -0.2) is 0 Å². The Morgan fingerprint density at radius 1 is 0.632 bits per heavy atom.